The molecular formula is C13H13N3O3S2. The lowest BCUT2D eigenvalue weighted by Gasteiger charge is -2.13. The van der Waals surface area contributed by atoms with Crippen LogP contribution in [0.1, 0.15) is 31.3 Å². The molecule has 0 fully saturated rings. The highest BCUT2D eigenvalue weighted by atomic mass is 32.1. The van der Waals surface area contributed by atoms with E-state index in [1.807, 2.05) is 0 Å². The molecule has 0 unspecified atom stereocenters. The number of nitrogens with one attached hydrogen (secondary N) is 2. The van der Waals surface area contributed by atoms with Crippen molar-refractivity contribution in [2.75, 3.05) is 19.0 Å². The summed E-state index contributed by atoms with van der Waals surface area (Å²) < 4.78 is 4.86. The van der Waals surface area contributed by atoms with Crippen LogP contribution in [-0.2, 0) is 17.7 Å². The third-order valence-corrected chi connectivity index (χ3v) is 4.94. The summed E-state index contributed by atoms with van der Waals surface area (Å²) in [5.41, 5.74) is 3.39. The molecule has 1 aliphatic heterocycles. The second-order valence-corrected chi connectivity index (χ2v) is 6.28. The Morgan fingerprint density at radius 1 is 1.48 bits per heavy atom. The van der Waals surface area contributed by atoms with Crippen molar-refractivity contribution in [3.05, 3.63) is 32.6 Å². The summed E-state index contributed by atoms with van der Waals surface area (Å²) in [6.45, 7) is 1.52. The minimum atomic E-state index is -0.414. The molecule has 1 amide bonds. The van der Waals surface area contributed by atoms with Gasteiger partial charge in [-0.3, -0.25) is 4.79 Å². The van der Waals surface area contributed by atoms with E-state index >= 15 is 0 Å². The molecule has 0 saturated heterocycles. The molecule has 0 atom stereocenters. The van der Waals surface area contributed by atoms with Crippen molar-refractivity contribution in [3.8, 4) is 0 Å². The van der Waals surface area contributed by atoms with Gasteiger partial charge >= 0.3 is 5.97 Å². The Morgan fingerprint density at radius 3 is 3.05 bits per heavy atom. The molecule has 0 radical (unpaired) electrons. The van der Waals surface area contributed by atoms with Crippen LogP contribution in [0.4, 0.5) is 5.00 Å². The first-order valence-electron chi connectivity index (χ1n) is 6.33. The molecule has 0 spiro atoms. The van der Waals surface area contributed by atoms with Crippen molar-refractivity contribution in [1.82, 2.24) is 10.3 Å². The van der Waals surface area contributed by atoms with Gasteiger partial charge in [-0.1, -0.05) is 0 Å². The van der Waals surface area contributed by atoms with E-state index in [9.17, 15) is 9.59 Å². The second kappa shape index (κ2) is 5.92. The van der Waals surface area contributed by atoms with Crippen molar-refractivity contribution in [1.29, 1.82) is 0 Å². The fourth-order valence-corrected chi connectivity index (χ4v) is 3.96. The van der Waals surface area contributed by atoms with Crippen LogP contribution in [-0.4, -0.2) is 30.5 Å². The van der Waals surface area contributed by atoms with Gasteiger partial charge < -0.3 is 15.4 Å². The van der Waals surface area contributed by atoms with Crippen LogP contribution in [0.15, 0.2) is 10.9 Å². The summed E-state index contributed by atoms with van der Waals surface area (Å²) >= 11 is 2.76. The SMILES string of the molecule is COC(=O)c1c(NC(=O)c2cscn2)sc2c1CCNC2. The normalized spacial score (nSPS) is 13.6. The number of nitrogens with zero attached hydrogens (tertiary/aromatic N) is 1. The van der Waals surface area contributed by atoms with E-state index < -0.39 is 5.97 Å². The first-order valence-corrected chi connectivity index (χ1v) is 8.09. The van der Waals surface area contributed by atoms with E-state index in [1.165, 1.54) is 29.8 Å². The third kappa shape index (κ3) is 2.69. The number of ether oxygens (including phenoxy) is 1. The minimum absolute atomic E-state index is 0.312. The van der Waals surface area contributed by atoms with Gasteiger partial charge in [0.1, 0.15) is 10.7 Å². The second-order valence-electron chi connectivity index (χ2n) is 4.45. The van der Waals surface area contributed by atoms with Gasteiger partial charge in [-0.15, -0.1) is 22.7 Å². The molecule has 2 aromatic heterocycles. The standard InChI is InChI=1S/C13H13N3O3S2/c1-19-13(18)10-7-2-3-14-4-9(7)21-12(10)16-11(17)8-5-20-6-15-8/h5-6,14H,2-4H2,1H3,(H,16,17). The number of amides is 1. The van der Waals surface area contributed by atoms with E-state index in [0.29, 0.717) is 22.8 Å². The van der Waals surface area contributed by atoms with Gasteiger partial charge in [0.25, 0.3) is 5.91 Å². The van der Waals surface area contributed by atoms with E-state index in [1.54, 1.807) is 10.9 Å². The molecule has 0 bridgehead atoms. The summed E-state index contributed by atoms with van der Waals surface area (Å²) in [6, 6.07) is 0. The largest absolute Gasteiger partial charge is 0.465 e. The average Bonchev–Trinajstić information content (AvgIpc) is 3.13. The summed E-state index contributed by atoms with van der Waals surface area (Å²) in [5.74, 6) is -0.726. The van der Waals surface area contributed by atoms with Crippen LogP contribution in [0.3, 0.4) is 0 Å². The zero-order valence-corrected chi connectivity index (χ0v) is 12.9. The summed E-state index contributed by atoms with van der Waals surface area (Å²) in [4.78, 5) is 29.2. The Labute approximate surface area is 129 Å². The number of hydrogen-bond donors (Lipinski definition) is 2. The number of thiazole rings is 1. The quantitative estimate of drug-likeness (QED) is 0.843. The Hall–Kier alpha value is -1.77. The molecule has 2 aromatic rings. The lowest BCUT2D eigenvalue weighted by atomic mass is 10.0. The molecule has 2 N–H and O–H groups in total. The topological polar surface area (TPSA) is 80.3 Å². The highest BCUT2D eigenvalue weighted by Crippen LogP contribution is 2.36. The Bertz CT molecular complexity index is 679. The van der Waals surface area contributed by atoms with Gasteiger partial charge in [0.15, 0.2) is 0 Å². The first kappa shape index (κ1) is 14.2. The maximum Gasteiger partial charge on any atom is 0.341 e. The molecule has 0 aliphatic carbocycles. The van der Waals surface area contributed by atoms with E-state index in [4.69, 9.17) is 4.74 Å². The summed E-state index contributed by atoms with van der Waals surface area (Å²) in [6.07, 6.45) is 0.753. The number of methoxy groups -OCH3 is 1. The molecular weight excluding hydrogens is 310 g/mol. The Kier molecular flexibility index (Phi) is 4.00. The van der Waals surface area contributed by atoms with Gasteiger partial charge in [-0.2, -0.15) is 0 Å². The summed E-state index contributed by atoms with van der Waals surface area (Å²) in [5, 5.41) is 8.24. The predicted molar refractivity (Wildman–Crippen MR) is 81.1 cm³/mol. The number of thiophene rings is 1. The van der Waals surface area contributed by atoms with Crippen LogP contribution in [0.2, 0.25) is 0 Å². The molecule has 0 saturated carbocycles. The maximum atomic E-state index is 12.1. The molecule has 8 heteroatoms. The number of anilines is 1. The fourth-order valence-electron chi connectivity index (χ4n) is 2.23. The van der Waals surface area contributed by atoms with Gasteiger partial charge in [0.05, 0.1) is 18.2 Å². The lowest BCUT2D eigenvalue weighted by Crippen LogP contribution is -2.23. The van der Waals surface area contributed by atoms with Crippen molar-refractivity contribution in [2.45, 2.75) is 13.0 Å². The monoisotopic (exact) mass is 323 g/mol. The predicted octanol–water partition coefficient (Wildman–Crippen LogP) is 1.89. The van der Waals surface area contributed by atoms with E-state index in [0.717, 1.165) is 23.4 Å². The number of rotatable bonds is 3. The van der Waals surface area contributed by atoms with Crippen molar-refractivity contribution >= 4 is 39.6 Å². The van der Waals surface area contributed by atoms with Gasteiger partial charge in [-0.25, -0.2) is 9.78 Å². The fraction of sp³-hybridized carbons (Fsp3) is 0.308. The van der Waals surface area contributed by atoms with Crippen LogP contribution in [0.5, 0.6) is 0 Å². The number of carbonyl (C=O) groups is 2. The molecule has 6 nitrogen and oxygen atoms in total. The highest BCUT2D eigenvalue weighted by Gasteiger charge is 2.27. The highest BCUT2D eigenvalue weighted by molar-refractivity contribution is 7.17. The third-order valence-electron chi connectivity index (χ3n) is 3.21. The Morgan fingerprint density at radius 2 is 2.33 bits per heavy atom. The average molecular weight is 323 g/mol. The molecule has 3 rings (SSSR count). The first-order chi connectivity index (χ1) is 10.2. The van der Waals surface area contributed by atoms with Gasteiger partial charge in [0.2, 0.25) is 0 Å². The maximum absolute atomic E-state index is 12.1. The van der Waals surface area contributed by atoms with Crippen LogP contribution in [0, 0.1) is 0 Å². The van der Waals surface area contributed by atoms with Crippen molar-refractivity contribution in [2.24, 2.45) is 0 Å². The number of hydrogen-bond acceptors (Lipinski definition) is 7. The van der Waals surface area contributed by atoms with E-state index in [2.05, 4.69) is 15.6 Å². The van der Waals surface area contributed by atoms with Crippen molar-refractivity contribution in [3.63, 3.8) is 0 Å². The molecule has 110 valence electrons. The van der Waals surface area contributed by atoms with Gasteiger partial charge in [0, 0.05) is 16.8 Å². The lowest BCUT2D eigenvalue weighted by molar-refractivity contribution is 0.0601. The van der Waals surface area contributed by atoms with Crippen LogP contribution < -0.4 is 10.6 Å². The van der Waals surface area contributed by atoms with E-state index in [-0.39, 0.29) is 5.91 Å². The number of fused-ring (bicyclic) bond motifs is 1. The minimum Gasteiger partial charge on any atom is -0.465 e. The van der Waals surface area contributed by atoms with Crippen LogP contribution in [0.25, 0.3) is 0 Å². The molecule has 21 heavy (non-hydrogen) atoms. The number of carbonyl (C=O) groups excluding carboxylic acids is 2. The molecule has 1 aliphatic rings. The molecule has 3 heterocycles. The smallest absolute Gasteiger partial charge is 0.341 e. The van der Waals surface area contributed by atoms with Crippen LogP contribution >= 0.6 is 22.7 Å². The number of esters is 1. The molecule has 0 aromatic carbocycles. The Balaban J connectivity index is 1.95. The number of aromatic nitrogens is 1. The zero-order valence-electron chi connectivity index (χ0n) is 11.3. The zero-order chi connectivity index (χ0) is 14.8. The summed E-state index contributed by atoms with van der Waals surface area (Å²) in [7, 11) is 1.35. The van der Waals surface area contributed by atoms with Gasteiger partial charge in [-0.05, 0) is 18.5 Å². The van der Waals surface area contributed by atoms with Crippen molar-refractivity contribution < 1.29 is 14.3 Å².